The molecule has 0 aliphatic carbocycles. The Labute approximate surface area is 122 Å². The van der Waals surface area contributed by atoms with E-state index in [0.29, 0.717) is 13.2 Å². The van der Waals surface area contributed by atoms with Crippen molar-refractivity contribution in [2.24, 2.45) is 0 Å². The average Bonchev–Trinajstić information content (AvgIpc) is 2.37. The summed E-state index contributed by atoms with van der Waals surface area (Å²) in [5, 5.41) is 2.68. The van der Waals surface area contributed by atoms with Crippen LogP contribution in [0.3, 0.4) is 0 Å². The summed E-state index contributed by atoms with van der Waals surface area (Å²) in [6.45, 7) is 9.05. The Morgan fingerprint density at radius 2 is 1.85 bits per heavy atom. The van der Waals surface area contributed by atoms with E-state index in [1.807, 2.05) is 27.7 Å². The van der Waals surface area contributed by atoms with Crippen molar-refractivity contribution in [2.75, 3.05) is 13.2 Å². The lowest BCUT2D eigenvalue weighted by atomic mass is 9.97. The van der Waals surface area contributed by atoms with E-state index in [-0.39, 0.29) is 18.2 Å². The smallest absolute Gasteiger partial charge is 0.312 e. The zero-order valence-corrected chi connectivity index (χ0v) is 13.1. The van der Waals surface area contributed by atoms with Crippen molar-refractivity contribution in [3.63, 3.8) is 0 Å². The molecule has 116 valence electrons. The minimum absolute atomic E-state index is 0.154. The van der Waals surface area contributed by atoms with Crippen molar-refractivity contribution in [1.29, 1.82) is 0 Å². The van der Waals surface area contributed by atoms with Crippen molar-refractivity contribution in [2.45, 2.75) is 71.6 Å². The number of nitrogens with one attached hydrogen (secondary N) is 1. The van der Waals surface area contributed by atoms with Gasteiger partial charge in [0, 0.05) is 25.2 Å². The number of rotatable bonds is 5. The number of carbonyl (C=O) groups excluding carboxylic acids is 2. The molecule has 1 heterocycles. The molecule has 1 aliphatic heterocycles. The van der Waals surface area contributed by atoms with Gasteiger partial charge in [-0.2, -0.15) is 0 Å². The molecule has 2 amide bonds. The Balaban J connectivity index is 2.33. The minimum Gasteiger partial charge on any atom is -0.379 e. The third-order valence-corrected chi connectivity index (χ3v) is 3.68. The Morgan fingerprint density at radius 3 is 2.40 bits per heavy atom. The largest absolute Gasteiger partial charge is 0.379 e. The lowest BCUT2D eigenvalue weighted by Gasteiger charge is -2.38. The molecule has 1 saturated heterocycles. The van der Waals surface area contributed by atoms with Crippen LogP contribution in [0.15, 0.2) is 0 Å². The minimum atomic E-state index is -0.491. The molecule has 5 nitrogen and oxygen atoms in total. The number of nitrogens with zero attached hydrogens (tertiary/aromatic N) is 1. The van der Waals surface area contributed by atoms with Gasteiger partial charge in [0.15, 0.2) is 0 Å². The van der Waals surface area contributed by atoms with Crippen LogP contribution in [0.1, 0.15) is 53.4 Å². The van der Waals surface area contributed by atoms with Crippen LogP contribution in [0.25, 0.3) is 0 Å². The van der Waals surface area contributed by atoms with E-state index in [9.17, 15) is 9.59 Å². The second-order valence-corrected chi connectivity index (χ2v) is 5.87. The summed E-state index contributed by atoms with van der Waals surface area (Å²) >= 11 is 0. The number of amides is 2. The predicted octanol–water partition coefficient (Wildman–Crippen LogP) is 1.71. The predicted molar refractivity (Wildman–Crippen MR) is 78.3 cm³/mol. The van der Waals surface area contributed by atoms with E-state index in [1.54, 1.807) is 4.90 Å². The van der Waals surface area contributed by atoms with Crippen LogP contribution in [0.2, 0.25) is 0 Å². The second kappa shape index (κ2) is 8.25. The highest BCUT2D eigenvalue weighted by atomic mass is 16.5. The number of hydrogen-bond acceptors (Lipinski definition) is 3. The molecule has 2 atom stereocenters. The Bertz CT molecular complexity index is 321. The van der Waals surface area contributed by atoms with E-state index in [1.165, 1.54) is 0 Å². The van der Waals surface area contributed by atoms with E-state index < -0.39 is 11.8 Å². The van der Waals surface area contributed by atoms with Crippen LogP contribution >= 0.6 is 0 Å². The molecule has 1 rings (SSSR count). The summed E-state index contributed by atoms with van der Waals surface area (Å²) in [4.78, 5) is 25.8. The first-order valence-electron chi connectivity index (χ1n) is 7.65. The monoisotopic (exact) mass is 284 g/mol. The van der Waals surface area contributed by atoms with Crippen molar-refractivity contribution >= 4 is 11.8 Å². The maximum Gasteiger partial charge on any atom is 0.312 e. The van der Waals surface area contributed by atoms with Crippen LogP contribution in [0.5, 0.6) is 0 Å². The second-order valence-electron chi connectivity index (χ2n) is 5.87. The van der Waals surface area contributed by atoms with Crippen molar-refractivity contribution in [3.05, 3.63) is 0 Å². The number of carbonyl (C=O) groups is 2. The highest BCUT2D eigenvalue weighted by Crippen LogP contribution is 2.22. The van der Waals surface area contributed by atoms with Gasteiger partial charge in [-0.05, 0) is 53.4 Å². The molecule has 0 aromatic rings. The van der Waals surface area contributed by atoms with Crippen molar-refractivity contribution < 1.29 is 14.3 Å². The van der Waals surface area contributed by atoms with Gasteiger partial charge in [-0.25, -0.2) is 0 Å². The van der Waals surface area contributed by atoms with Gasteiger partial charge in [-0.1, -0.05) is 0 Å². The molecule has 0 saturated carbocycles. The van der Waals surface area contributed by atoms with E-state index in [4.69, 9.17) is 4.74 Å². The third-order valence-electron chi connectivity index (χ3n) is 3.68. The van der Waals surface area contributed by atoms with Crippen LogP contribution in [0, 0.1) is 0 Å². The molecule has 0 spiro atoms. The van der Waals surface area contributed by atoms with Gasteiger partial charge in [0.25, 0.3) is 0 Å². The van der Waals surface area contributed by atoms with Gasteiger partial charge >= 0.3 is 11.8 Å². The van der Waals surface area contributed by atoms with Gasteiger partial charge in [0.2, 0.25) is 0 Å². The number of piperidine rings is 1. The topological polar surface area (TPSA) is 58.6 Å². The van der Waals surface area contributed by atoms with Crippen molar-refractivity contribution in [1.82, 2.24) is 10.2 Å². The molecule has 0 radical (unpaired) electrons. The highest BCUT2D eigenvalue weighted by molar-refractivity contribution is 6.35. The first kappa shape index (κ1) is 17.0. The van der Waals surface area contributed by atoms with Crippen molar-refractivity contribution in [3.8, 4) is 0 Å². The Hall–Kier alpha value is -1.10. The summed E-state index contributed by atoms with van der Waals surface area (Å²) in [5.74, 6) is -0.885. The zero-order valence-electron chi connectivity index (χ0n) is 13.1. The molecule has 1 fully saturated rings. The van der Waals surface area contributed by atoms with E-state index in [0.717, 1.165) is 25.7 Å². The normalized spacial score (nSPS) is 22.9. The van der Waals surface area contributed by atoms with Crippen LogP contribution in [-0.4, -0.2) is 48.1 Å². The molecule has 0 aromatic carbocycles. The fraction of sp³-hybridized carbons (Fsp3) is 0.867. The lowest BCUT2D eigenvalue weighted by molar-refractivity contribution is -0.150. The molecule has 0 bridgehead atoms. The molecule has 1 N–H and O–H groups in total. The first-order valence-corrected chi connectivity index (χ1v) is 7.65. The molecule has 1 aliphatic rings. The SMILES string of the molecule is CC(C)OCCCNC(=O)C(=O)N1C(C)CCCC1C. The average molecular weight is 284 g/mol. The Morgan fingerprint density at radius 1 is 1.25 bits per heavy atom. The number of likely N-dealkylation sites (tertiary alicyclic amines) is 1. The van der Waals surface area contributed by atoms with Gasteiger partial charge in [0.1, 0.15) is 0 Å². The summed E-state index contributed by atoms with van der Waals surface area (Å²) < 4.78 is 5.39. The standard InChI is InChI=1S/C15H28N2O3/c1-11(2)20-10-6-9-16-14(18)15(19)17-12(3)7-5-8-13(17)4/h11-13H,5-10H2,1-4H3,(H,16,18). The summed E-state index contributed by atoms with van der Waals surface area (Å²) in [5.41, 5.74) is 0. The summed E-state index contributed by atoms with van der Waals surface area (Å²) in [6, 6.07) is 0.308. The highest BCUT2D eigenvalue weighted by Gasteiger charge is 2.32. The zero-order chi connectivity index (χ0) is 15.1. The van der Waals surface area contributed by atoms with Crippen LogP contribution in [0.4, 0.5) is 0 Å². The Kier molecular flexibility index (Phi) is 6.99. The maximum absolute atomic E-state index is 12.2. The van der Waals surface area contributed by atoms with Gasteiger partial charge in [-0.3, -0.25) is 9.59 Å². The molecule has 0 aromatic heterocycles. The molecule has 20 heavy (non-hydrogen) atoms. The number of hydrogen-bond donors (Lipinski definition) is 1. The first-order chi connectivity index (χ1) is 9.43. The fourth-order valence-corrected chi connectivity index (χ4v) is 2.61. The summed E-state index contributed by atoms with van der Waals surface area (Å²) in [6.07, 6.45) is 4.00. The molecule has 2 unspecified atom stereocenters. The summed E-state index contributed by atoms with van der Waals surface area (Å²) in [7, 11) is 0. The molecular weight excluding hydrogens is 256 g/mol. The quantitative estimate of drug-likeness (QED) is 0.617. The molecule has 5 heteroatoms. The lowest BCUT2D eigenvalue weighted by Crippen LogP contribution is -2.53. The van der Waals surface area contributed by atoms with Gasteiger partial charge in [0.05, 0.1) is 6.10 Å². The van der Waals surface area contributed by atoms with E-state index >= 15 is 0 Å². The third kappa shape index (κ3) is 5.12. The number of ether oxygens (including phenoxy) is 1. The van der Waals surface area contributed by atoms with Gasteiger partial charge in [-0.15, -0.1) is 0 Å². The van der Waals surface area contributed by atoms with Crippen LogP contribution in [-0.2, 0) is 14.3 Å². The van der Waals surface area contributed by atoms with Crippen LogP contribution < -0.4 is 5.32 Å². The molecular formula is C15H28N2O3. The fourth-order valence-electron chi connectivity index (χ4n) is 2.61. The van der Waals surface area contributed by atoms with Gasteiger partial charge < -0.3 is 15.0 Å². The van der Waals surface area contributed by atoms with E-state index in [2.05, 4.69) is 5.32 Å². The maximum atomic E-state index is 12.2.